The van der Waals surface area contributed by atoms with Gasteiger partial charge in [-0.25, -0.2) is 0 Å². The molecule has 0 radical (unpaired) electrons. The Hall–Kier alpha value is -3.33. The van der Waals surface area contributed by atoms with E-state index in [0.29, 0.717) is 0 Å². The molecule has 1 fully saturated rings. The Balaban J connectivity index is 1.41. The molecule has 0 unspecified atom stereocenters. The zero-order valence-electron chi connectivity index (χ0n) is 15.8. The van der Waals surface area contributed by atoms with Crippen LogP contribution in [-0.2, 0) is 0 Å². The Labute approximate surface area is 165 Å². The number of hydrogen-bond donors (Lipinski definition) is 0. The smallest absolute Gasteiger partial charge is 0.0555 e. The van der Waals surface area contributed by atoms with Crippen LogP contribution < -0.4 is 4.90 Å². The standard InChI is InChI=1S/C25H23N3/c1-2-10-22(11-3-1)27-14-16-28(17-15-27)26-19-25-23-12-6-4-8-20(23)18-21-9-5-7-13-24(21)25/h1-13,18-19H,14-17H2/b26-19-. The van der Waals surface area contributed by atoms with Crippen LogP contribution in [0.25, 0.3) is 21.5 Å². The summed E-state index contributed by atoms with van der Waals surface area (Å²) in [6.45, 7) is 3.87. The third kappa shape index (κ3) is 3.20. The molecular formula is C25H23N3. The molecule has 1 aliphatic rings. The molecule has 28 heavy (non-hydrogen) atoms. The first-order valence-corrected chi connectivity index (χ1v) is 9.88. The maximum absolute atomic E-state index is 4.86. The molecular weight excluding hydrogens is 342 g/mol. The Kier molecular flexibility index (Phi) is 4.42. The molecule has 0 aliphatic carbocycles. The van der Waals surface area contributed by atoms with Gasteiger partial charge in [0.05, 0.1) is 19.3 Å². The van der Waals surface area contributed by atoms with Crippen molar-refractivity contribution in [1.82, 2.24) is 5.01 Å². The highest BCUT2D eigenvalue weighted by atomic mass is 15.5. The highest BCUT2D eigenvalue weighted by Gasteiger charge is 2.15. The fraction of sp³-hybridized carbons (Fsp3) is 0.160. The van der Waals surface area contributed by atoms with Crippen molar-refractivity contribution >= 4 is 33.4 Å². The van der Waals surface area contributed by atoms with Gasteiger partial charge in [0.1, 0.15) is 0 Å². The highest BCUT2D eigenvalue weighted by Crippen LogP contribution is 2.27. The molecule has 3 heteroatoms. The minimum absolute atomic E-state index is 0.939. The van der Waals surface area contributed by atoms with Gasteiger partial charge in [-0.1, -0.05) is 66.7 Å². The predicted octanol–water partition coefficient (Wildman–Crippen LogP) is 5.15. The number of benzene rings is 4. The van der Waals surface area contributed by atoms with E-state index in [4.69, 9.17) is 5.10 Å². The van der Waals surface area contributed by atoms with Gasteiger partial charge in [0.2, 0.25) is 0 Å². The average Bonchev–Trinajstić information content (AvgIpc) is 2.77. The normalized spacial score (nSPS) is 15.0. The van der Waals surface area contributed by atoms with Crippen LogP contribution in [0, 0.1) is 0 Å². The van der Waals surface area contributed by atoms with Crippen molar-refractivity contribution in [2.45, 2.75) is 0 Å². The summed E-state index contributed by atoms with van der Waals surface area (Å²) in [5, 5.41) is 12.1. The second kappa shape index (κ2) is 7.35. The fourth-order valence-electron chi connectivity index (χ4n) is 4.04. The number of piperazine rings is 1. The van der Waals surface area contributed by atoms with Gasteiger partial charge < -0.3 is 4.90 Å². The minimum Gasteiger partial charge on any atom is -0.368 e. The average molecular weight is 365 g/mol. The Morgan fingerprint density at radius 1 is 0.643 bits per heavy atom. The molecule has 0 atom stereocenters. The van der Waals surface area contributed by atoms with E-state index < -0.39 is 0 Å². The number of anilines is 1. The topological polar surface area (TPSA) is 18.8 Å². The number of fused-ring (bicyclic) bond motifs is 2. The van der Waals surface area contributed by atoms with E-state index in [9.17, 15) is 0 Å². The molecule has 4 aromatic rings. The van der Waals surface area contributed by atoms with Crippen LogP contribution in [0.1, 0.15) is 5.56 Å². The lowest BCUT2D eigenvalue weighted by atomic mass is 9.97. The van der Waals surface area contributed by atoms with Gasteiger partial charge >= 0.3 is 0 Å². The van der Waals surface area contributed by atoms with Crippen molar-refractivity contribution in [2.75, 3.05) is 31.1 Å². The summed E-state index contributed by atoms with van der Waals surface area (Å²) >= 11 is 0. The van der Waals surface area contributed by atoms with Gasteiger partial charge in [0.25, 0.3) is 0 Å². The number of rotatable bonds is 3. The summed E-state index contributed by atoms with van der Waals surface area (Å²) in [4.78, 5) is 2.43. The molecule has 5 rings (SSSR count). The number of nitrogens with zero attached hydrogens (tertiary/aromatic N) is 3. The van der Waals surface area contributed by atoms with Crippen LogP contribution in [0.15, 0.2) is 90.0 Å². The maximum atomic E-state index is 4.86. The summed E-state index contributed by atoms with van der Waals surface area (Å²) < 4.78 is 0. The van der Waals surface area contributed by atoms with Crippen molar-refractivity contribution in [3.63, 3.8) is 0 Å². The summed E-state index contributed by atoms with van der Waals surface area (Å²) in [5.74, 6) is 0. The summed E-state index contributed by atoms with van der Waals surface area (Å²) in [6, 6.07) is 30.0. The van der Waals surface area contributed by atoms with Gasteiger partial charge in [-0.3, -0.25) is 5.01 Å². The molecule has 0 saturated carbocycles. The van der Waals surface area contributed by atoms with Crippen molar-refractivity contribution < 1.29 is 0 Å². The van der Waals surface area contributed by atoms with E-state index in [2.05, 4.69) is 101 Å². The molecule has 3 nitrogen and oxygen atoms in total. The SMILES string of the molecule is C(=N/N1CCN(c2ccccc2)CC1)/c1c2ccccc2cc2ccccc12. The number of hydrogen-bond acceptors (Lipinski definition) is 3. The van der Waals surface area contributed by atoms with E-state index in [0.717, 1.165) is 26.2 Å². The van der Waals surface area contributed by atoms with Crippen molar-refractivity contribution in [3.05, 3.63) is 90.5 Å². The first-order chi connectivity index (χ1) is 13.9. The molecule has 0 bridgehead atoms. The molecule has 0 spiro atoms. The first kappa shape index (κ1) is 16.8. The lowest BCUT2D eigenvalue weighted by Crippen LogP contribution is -2.44. The van der Waals surface area contributed by atoms with Crippen molar-refractivity contribution in [1.29, 1.82) is 0 Å². The second-order valence-corrected chi connectivity index (χ2v) is 7.25. The Morgan fingerprint density at radius 2 is 1.21 bits per heavy atom. The maximum Gasteiger partial charge on any atom is 0.0555 e. The molecule has 1 aliphatic heterocycles. The van der Waals surface area contributed by atoms with E-state index >= 15 is 0 Å². The molecule has 0 N–H and O–H groups in total. The largest absolute Gasteiger partial charge is 0.368 e. The van der Waals surface area contributed by atoms with Gasteiger partial charge in [0.15, 0.2) is 0 Å². The quantitative estimate of drug-likeness (QED) is 0.369. The highest BCUT2D eigenvalue weighted by molar-refractivity contribution is 6.13. The Morgan fingerprint density at radius 3 is 1.86 bits per heavy atom. The van der Waals surface area contributed by atoms with Crippen LogP contribution in [0.3, 0.4) is 0 Å². The number of hydrazone groups is 1. The second-order valence-electron chi connectivity index (χ2n) is 7.25. The number of para-hydroxylation sites is 1. The van der Waals surface area contributed by atoms with E-state index in [1.54, 1.807) is 0 Å². The molecule has 4 aromatic carbocycles. The van der Waals surface area contributed by atoms with Crippen molar-refractivity contribution in [2.24, 2.45) is 5.10 Å². The van der Waals surface area contributed by atoms with Crippen LogP contribution in [-0.4, -0.2) is 37.4 Å². The third-order valence-corrected chi connectivity index (χ3v) is 5.54. The predicted molar refractivity (Wildman–Crippen MR) is 119 cm³/mol. The summed E-state index contributed by atoms with van der Waals surface area (Å²) in [7, 11) is 0. The van der Waals surface area contributed by atoms with Crippen molar-refractivity contribution in [3.8, 4) is 0 Å². The van der Waals surface area contributed by atoms with Gasteiger partial charge in [-0.2, -0.15) is 5.10 Å². The minimum atomic E-state index is 0.939. The first-order valence-electron chi connectivity index (χ1n) is 9.88. The molecule has 138 valence electrons. The lowest BCUT2D eigenvalue weighted by molar-refractivity contribution is 0.272. The fourth-order valence-corrected chi connectivity index (χ4v) is 4.04. The van der Waals surface area contributed by atoms with Gasteiger partial charge in [0, 0.05) is 24.3 Å². The summed E-state index contributed by atoms with van der Waals surface area (Å²) in [5.41, 5.74) is 2.50. The summed E-state index contributed by atoms with van der Waals surface area (Å²) in [6.07, 6.45) is 2.06. The van der Waals surface area contributed by atoms with Crippen LogP contribution in [0.2, 0.25) is 0 Å². The lowest BCUT2D eigenvalue weighted by Gasteiger charge is -2.34. The van der Waals surface area contributed by atoms with E-state index in [-0.39, 0.29) is 0 Å². The zero-order valence-corrected chi connectivity index (χ0v) is 15.8. The third-order valence-electron chi connectivity index (χ3n) is 5.54. The van der Waals surface area contributed by atoms with Gasteiger partial charge in [-0.15, -0.1) is 0 Å². The molecule has 1 heterocycles. The Bertz CT molecular complexity index is 1070. The van der Waals surface area contributed by atoms with Crippen LogP contribution in [0.5, 0.6) is 0 Å². The van der Waals surface area contributed by atoms with Crippen LogP contribution >= 0.6 is 0 Å². The molecule has 1 saturated heterocycles. The van der Waals surface area contributed by atoms with Gasteiger partial charge in [-0.05, 0) is 39.7 Å². The van der Waals surface area contributed by atoms with E-state index in [1.807, 2.05) is 0 Å². The monoisotopic (exact) mass is 365 g/mol. The van der Waals surface area contributed by atoms with Crippen LogP contribution in [0.4, 0.5) is 5.69 Å². The zero-order chi connectivity index (χ0) is 18.8. The molecule has 0 amide bonds. The van der Waals surface area contributed by atoms with E-state index in [1.165, 1.54) is 32.8 Å². The molecule has 0 aromatic heterocycles.